The summed E-state index contributed by atoms with van der Waals surface area (Å²) in [6.07, 6.45) is 0. The summed E-state index contributed by atoms with van der Waals surface area (Å²) in [5, 5.41) is 3.72. The summed E-state index contributed by atoms with van der Waals surface area (Å²) in [7, 11) is 3.03. The summed E-state index contributed by atoms with van der Waals surface area (Å²) in [5.74, 6) is 0.789. The molecule has 0 bridgehead atoms. The van der Waals surface area contributed by atoms with E-state index in [1.54, 1.807) is 12.1 Å². The van der Waals surface area contributed by atoms with Gasteiger partial charge in [-0.05, 0) is 12.1 Å². The third-order valence-electron chi connectivity index (χ3n) is 4.93. The summed E-state index contributed by atoms with van der Waals surface area (Å²) < 4.78 is 10.6. The van der Waals surface area contributed by atoms with Gasteiger partial charge in [0.05, 0.1) is 42.1 Å². The highest BCUT2D eigenvalue weighted by molar-refractivity contribution is 7.99. The van der Waals surface area contributed by atoms with Crippen LogP contribution in [0.5, 0.6) is 11.5 Å². The largest absolute Gasteiger partial charge is 0.495 e. The maximum Gasteiger partial charge on any atom is 0.234 e. The molecular weight excluding hydrogens is 470 g/mol. The van der Waals surface area contributed by atoms with Gasteiger partial charge >= 0.3 is 0 Å². The van der Waals surface area contributed by atoms with Crippen LogP contribution in [0.1, 0.15) is 0 Å². The van der Waals surface area contributed by atoms with Gasteiger partial charge in [-0.3, -0.25) is 4.79 Å². The highest BCUT2D eigenvalue weighted by Gasteiger charge is 2.15. The Kier molecular flexibility index (Phi) is 7.67. The Bertz CT molecular complexity index is 1230. The molecule has 34 heavy (non-hydrogen) atoms. The molecule has 172 valence electrons. The number of hydrogen-bond donors (Lipinski definition) is 1. The van der Waals surface area contributed by atoms with Crippen molar-refractivity contribution in [3.63, 3.8) is 0 Å². The topological polar surface area (TPSA) is 73.3 Å². The number of nitrogens with zero attached hydrogens (tertiary/aromatic N) is 2. The number of benzene rings is 3. The van der Waals surface area contributed by atoms with E-state index in [4.69, 9.17) is 21.1 Å². The Morgan fingerprint density at radius 2 is 1.41 bits per heavy atom. The molecule has 1 amide bonds. The van der Waals surface area contributed by atoms with E-state index in [2.05, 4.69) is 15.3 Å². The molecule has 0 unspecified atom stereocenters. The number of aromatic nitrogens is 2. The van der Waals surface area contributed by atoms with Crippen molar-refractivity contribution in [2.24, 2.45) is 0 Å². The van der Waals surface area contributed by atoms with Crippen LogP contribution in [0, 0.1) is 0 Å². The smallest absolute Gasteiger partial charge is 0.234 e. The molecule has 0 saturated carbocycles. The van der Waals surface area contributed by atoms with Crippen LogP contribution in [0.25, 0.3) is 22.5 Å². The molecule has 0 fully saturated rings. The molecule has 6 nitrogen and oxygen atoms in total. The molecule has 1 N–H and O–H groups in total. The number of halogens is 1. The zero-order valence-electron chi connectivity index (χ0n) is 18.6. The van der Waals surface area contributed by atoms with Crippen LogP contribution < -0.4 is 14.8 Å². The first-order chi connectivity index (χ1) is 16.6. The van der Waals surface area contributed by atoms with E-state index in [1.807, 2.05) is 66.7 Å². The van der Waals surface area contributed by atoms with Crippen LogP contribution in [0.2, 0.25) is 5.02 Å². The number of ether oxygens (including phenoxy) is 2. The Balaban J connectivity index is 1.56. The Morgan fingerprint density at radius 1 is 0.853 bits per heavy atom. The number of anilines is 1. The number of hydrogen-bond acceptors (Lipinski definition) is 6. The molecule has 4 aromatic rings. The molecule has 0 atom stereocenters. The minimum absolute atomic E-state index is 0.110. The van der Waals surface area contributed by atoms with Crippen LogP contribution in [-0.2, 0) is 4.79 Å². The fourth-order valence-corrected chi connectivity index (χ4v) is 4.18. The second-order valence-corrected chi connectivity index (χ2v) is 8.53. The monoisotopic (exact) mass is 491 g/mol. The lowest BCUT2D eigenvalue weighted by atomic mass is 10.1. The van der Waals surface area contributed by atoms with E-state index >= 15 is 0 Å². The van der Waals surface area contributed by atoms with Crippen molar-refractivity contribution in [3.8, 4) is 34.0 Å². The summed E-state index contributed by atoms with van der Waals surface area (Å²) in [4.78, 5) is 22.1. The van der Waals surface area contributed by atoms with Gasteiger partial charge in [-0.25, -0.2) is 9.97 Å². The number of carbonyl (C=O) groups is 1. The van der Waals surface area contributed by atoms with Gasteiger partial charge in [0.2, 0.25) is 5.91 Å². The van der Waals surface area contributed by atoms with Gasteiger partial charge in [0, 0.05) is 17.2 Å². The van der Waals surface area contributed by atoms with Crippen molar-refractivity contribution in [1.82, 2.24) is 9.97 Å². The molecule has 0 radical (unpaired) electrons. The van der Waals surface area contributed by atoms with E-state index in [-0.39, 0.29) is 11.7 Å². The lowest BCUT2D eigenvalue weighted by Gasteiger charge is -2.13. The number of thioether (sulfide) groups is 1. The van der Waals surface area contributed by atoms with Gasteiger partial charge in [0.1, 0.15) is 11.5 Å². The van der Waals surface area contributed by atoms with E-state index in [0.29, 0.717) is 27.4 Å². The Morgan fingerprint density at radius 3 is 1.94 bits per heavy atom. The normalized spacial score (nSPS) is 10.6. The SMILES string of the molecule is COc1cc(OC)c(NC(=O)CSc2nc(-c3ccccc3)cc(-c3ccccc3)n2)cc1Cl. The number of carbonyl (C=O) groups excluding carboxylic acids is 1. The van der Waals surface area contributed by atoms with Crippen molar-refractivity contribution >= 4 is 35.0 Å². The zero-order valence-corrected chi connectivity index (χ0v) is 20.2. The first-order valence-corrected chi connectivity index (χ1v) is 11.8. The second kappa shape index (κ2) is 11.0. The Hall–Kier alpha value is -3.55. The lowest BCUT2D eigenvalue weighted by Crippen LogP contribution is -2.15. The molecule has 0 saturated heterocycles. The predicted octanol–water partition coefficient (Wildman–Crippen LogP) is 6.21. The maximum absolute atomic E-state index is 12.7. The average Bonchev–Trinajstić information content (AvgIpc) is 2.88. The molecule has 1 aromatic heterocycles. The van der Waals surface area contributed by atoms with Gasteiger partial charge in [-0.15, -0.1) is 0 Å². The molecular formula is C26H22ClN3O3S. The standard InChI is InChI=1S/C26H22ClN3O3S/c1-32-23-15-24(33-2)22(13-19(23)27)28-25(31)16-34-26-29-20(17-9-5-3-6-10-17)14-21(30-26)18-11-7-4-8-12-18/h3-15H,16H2,1-2H3,(H,28,31). The summed E-state index contributed by atoms with van der Waals surface area (Å²) in [5.41, 5.74) is 4.00. The van der Waals surface area contributed by atoms with Gasteiger partial charge < -0.3 is 14.8 Å². The van der Waals surface area contributed by atoms with Crippen molar-refractivity contribution in [1.29, 1.82) is 0 Å². The molecule has 3 aromatic carbocycles. The second-order valence-electron chi connectivity index (χ2n) is 7.18. The molecule has 1 heterocycles. The maximum atomic E-state index is 12.7. The van der Waals surface area contributed by atoms with Crippen molar-refractivity contribution in [2.45, 2.75) is 5.16 Å². The van der Waals surface area contributed by atoms with E-state index < -0.39 is 0 Å². The summed E-state index contributed by atoms with van der Waals surface area (Å²) >= 11 is 7.47. The van der Waals surface area contributed by atoms with Crippen molar-refractivity contribution < 1.29 is 14.3 Å². The lowest BCUT2D eigenvalue weighted by molar-refractivity contribution is -0.113. The van der Waals surface area contributed by atoms with Crippen LogP contribution >= 0.6 is 23.4 Å². The molecule has 4 rings (SSSR count). The highest BCUT2D eigenvalue weighted by atomic mass is 35.5. The Labute approximate surface area is 207 Å². The van der Waals surface area contributed by atoms with E-state index in [1.165, 1.54) is 26.0 Å². The third kappa shape index (κ3) is 5.68. The molecule has 0 aliphatic heterocycles. The van der Waals surface area contributed by atoms with Crippen molar-refractivity contribution in [2.75, 3.05) is 25.3 Å². The van der Waals surface area contributed by atoms with Crippen LogP contribution in [-0.4, -0.2) is 35.8 Å². The van der Waals surface area contributed by atoms with Gasteiger partial charge in [-0.2, -0.15) is 0 Å². The summed E-state index contributed by atoms with van der Waals surface area (Å²) in [6.45, 7) is 0. The van der Waals surface area contributed by atoms with E-state index in [9.17, 15) is 4.79 Å². The predicted molar refractivity (Wildman–Crippen MR) is 137 cm³/mol. The first-order valence-electron chi connectivity index (χ1n) is 10.4. The first kappa shape index (κ1) is 23.6. The number of amides is 1. The fourth-order valence-electron chi connectivity index (χ4n) is 3.28. The zero-order chi connectivity index (χ0) is 23.9. The van der Waals surface area contributed by atoms with E-state index in [0.717, 1.165) is 22.5 Å². The van der Waals surface area contributed by atoms with Crippen molar-refractivity contribution in [3.05, 3.63) is 83.9 Å². The van der Waals surface area contributed by atoms with Crippen LogP contribution in [0.3, 0.4) is 0 Å². The molecule has 0 aliphatic rings. The average molecular weight is 492 g/mol. The molecule has 8 heteroatoms. The van der Waals surface area contributed by atoms with Gasteiger partial charge in [0.15, 0.2) is 5.16 Å². The molecule has 0 spiro atoms. The van der Waals surface area contributed by atoms with Crippen LogP contribution in [0.15, 0.2) is 84.0 Å². The number of nitrogens with one attached hydrogen (secondary N) is 1. The molecule has 0 aliphatic carbocycles. The summed E-state index contributed by atoms with van der Waals surface area (Å²) in [6, 6.07) is 25.0. The van der Waals surface area contributed by atoms with Gasteiger partial charge in [-0.1, -0.05) is 84.0 Å². The number of rotatable bonds is 8. The third-order valence-corrected chi connectivity index (χ3v) is 6.07. The minimum atomic E-state index is -0.237. The highest BCUT2D eigenvalue weighted by Crippen LogP contribution is 2.36. The van der Waals surface area contributed by atoms with Crippen LogP contribution in [0.4, 0.5) is 5.69 Å². The fraction of sp³-hybridized carbons (Fsp3) is 0.115. The number of methoxy groups -OCH3 is 2. The minimum Gasteiger partial charge on any atom is -0.495 e. The van der Waals surface area contributed by atoms with Gasteiger partial charge in [0.25, 0.3) is 0 Å². The quantitative estimate of drug-likeness (QED) is 0.233.